The highest BCUT2D eigenvalue weighted by Crippen LogP contribution is 2.38. The number of rotatable bonds is 8. The van der Waals surface area contributed by atoms with E-state index >= 15 is 0 Å². The fraction of sp³-hybridized carbons (Fsp3) is 0.429. The Morgan fingerprint density at radius 2 is 1.84 bits per heavy atom. The quantitative estimate of drug-likeness (QED) is 0.218. The van der Waals surface area contributed by atoms with E-state index in [1.807, 2.05) is 65.8 Å². The molecule has 1 aliphatic heterocycles. The minimum Gasteiger partial charge on any atom is -0.444 e. The molecule has 1 atom stereocenters. The molecule has 2 aromatic heterocycles. The number of ether oxygens (including phenoxy) is 2. The van der Waals surface area contributed by atoms with E-state index in [-0.39, 0.29) is 12.1 Å². The van der Waals surface area contributed by atoms with Crippen molar-refractivity contribution in [1.29, 1.82) is 0 Å². The van der Waals surface area contributed by atoms with Gasteiger partial charge in [-0.2, -0.15) is 0 Å². The van der Waals surface area contributed by atoms with E-state index in [2.05, 4.69) is 39.6 Å². The number of aliphatic hydroxyl groups is 1. The van der Waals surface area contributed by atoms with Crippen molar-refractivity contribution in [3.05, 3.63) is 72.1 Å². The first-order valence-electron chi connectivity index (χ1n) is 15.3. The first-order valence-corrected chi connectivity index (χ1v) is 15.3. The van der Waals surface area contributed by atoms with Crippen LogP contribution in [0.25, 0.3) is 22.0 Å². The second-order valence-electron chi connectivity index (χ2n) is 13.2. The Bertz CT molecular complexity index is 1630. The number of anilines is 1. The number of likely N-dealkylation sites (tertiary alicyclic amines) is 1. The maximum atomic E-state index is 12.6. The molecule has 1 saturated heterocycles. The van der Waals surface area contributed by atoms with Crippen LogP contribution in [0.2, 0.25) is 0 Å². The molecular formula is C35H43N5O4. The van der Waals surface area contributed by atoms with E-state index in [1.54, 1.807) is 17.3 Å². The Morgan fingerprint density at radius 1 is 1.02 bits per heavy atom. The van der Waals surface area contributed by atoms with Crippen LogP contribution in [0.3, 0.4) is 0 Å². The van der Waals surface area contributed by atoms with Crippen molar-refractivity contribution in [3.63, 3.8) is 0 Å². The molecule has 1 amide bonds. The maximum Gasteiger partial charge on any atom is 0.410 e. The van der Waals surface area contributed by atoms with Gasteiger partial charge in [-0.1, -0.05) is 30.3 Å². The van der Waals surface area contributed by atoms with Gasteiger partial charge in [0.1, 0.15) is 11.4 Å². The zero-order valence-electron chi connectivity index (χ0n) is 26.6. The summed E-state index contributed by atoms with van der Waals surface area (Å²) in [6, 6.07) is 16.0. The molecule has 0 unspecified atom stereocenters. The monoisotopic (exact) mass is 597 g/mol. The smallest absolute Gasteiger partial charge is 0.410 e. The average molecular weight is 598 g/mol. The molecule has 0 spiro atoms. The van der Waals surface area contributed by atoms with E-state index in [0.29, 0.717) is 37.0 Å². The molecule has 2 N–H and O–H groups in total. The zero-order valence-corrected chi connectivity index (χ0v) is 26.6. The molecule has 9 nitrogen and oxygen atoms in total. The number of nitrogens with zero attached hydrogens (tertiary/aromatic N) is 4. The predicted octanol–water partition coefficient (Wildman–Crippen LogP) is 7.31. The molecular weight excluding hydrogens is 554 g/mol. The van der Waals surface area contributed by atoms with Crippen LogP contribution < -0.4 is 10.1 Å². The van der Waals surface area contributed by atoms with Crippen LogP contribution in [-0.4, -0.2) is 61.4 Å². The summed E-state index contributed by atoms with van der Waals surface area (Å²) in [5, 5.41) is 15.8. The van der Waals surface area contributed by atoms with Gasteiger partial charge in [-0.25, -0.2) is 19.7 Å². The number of hydrogen-bond acceptors (Lipinski definition) is 8. The van der Waals surface area contributed by atoms with Crippen molar-refractivity contribution in [2.24, 2.45) is 0 Å². The highest BCUT2D eigenvalue weighted by Gasteiger charge is 2.28. The number of aryl methyl sites for hydroxylation is 2. The lowest BCUT2D eigenvalue weighted by atomic mass is 9.94. The minimum absolute atomic E-state index is 0.0000685. The van der Waals surface area contributed by atoms with Crippen LogP contribution in [0.4, 0.5) is 10.7 Å². The summed E-state index contributed by atoms with van der Waals surface area (Å²) in [6.45, 7) is 12.5. The van der Waals surface area contributed by atoms with Gasteiger partial charge in [-0.05, 0) is 102 Å². The predicted molar refractivity (Wildman–Crippen MR) is 173 cm³/mol. The number of carbonyl (C=O) groups is 1. The molecule has 5 rings (SSSR count). The molecule has 232 valence electrons. The minimum atomic E-state index is -0.741. The van der Waals surface area contributed by atoms with Gasteiger partial charge < -0.3 is 24.8 Å². The summed E-state index contributed by atoms with van der Waals surface area (Å²) < 4.78 is 12.2. The Labute approximate surface area is 259 Å². The molecule has 0 aliphatic carbocycles. The second kappa shape index (κ2) is 12.8. The highest BCUT2D eigenvalue weighted by atomic mass is 16.6. The van der Waals surface area contributed by atoms with Gasteiger partial charge in [-0.15, -0.1) is 0 Å². The Hall–Kier alpha value is -4.24. The SMILES string of the molecule is Cc1ccc2c(CCC(C)(C)O)cccc2c1Oc1ncccc1-c1ccnc(N[C@H]2CCCN(C(=O)OC(C)(C)C)C2)n1. The van der Waals surface area contributed by atoms with E-state index in [1.165, 1.54) is 0 Å². The van der Waals surface area contributed by atoms with Crippen LogP contribution in [0, 0.1) is 6.92 Å². The van der Waals surface area contributed by atoms with Crippen LogP contribution in [-0.2, 0) is 11.2 Å². The fourth-order valence-electron chi connectivity index (χ4n) is 5.41. The van der Waals surface area contributed by atoms with Crippen molar-refractivity contribution >= 4 is 22.8 Å². The van der Waals surface area contributed by atoms with E-state index in [9.17, 15) is 9.90 Å². The van der Waals surface area contributed by atoms with E-state index < -0.39 is 11.2 Å². The number of aromatic nitrogens is 3. The second-order valence-corrected chi connectivity index (χ2v) is 13.2. The molecule has 2 aromatic carbocycles. The van der Waals surface area contributed by atoms with Gasteiger partial charge in [0.15, 0.2) is 0 Å². The summed E-state index contributed by atoms with van der Waals surface area (Å²) in [7, 11) is 0. The Kier molecular flexibility index (Phi) is 9.06. The standard InChI is InChI=1S/C35H43N5O4/c1-23-14-15-26-24(16-18-35(5,6)42)10-7-12-27(26)30(23)43-31-28(13-8-19-36-31)29-17-20-37-32(39-29)38-25-11-9-21-40(22-25)33(41)44-34(2,3)4/h7-8,10,12-15,17,19-20,25,42H,9,11,16,18,21-22H2,1-6H3,(H,37,38,39)/t25-/m0/s1. The number of piperidine rings is 1. The van der Waals surface area contributed by atoms with Crippen molar-refractivity contribution in [1.82, 2.24) is 19.9 Å². The van der Waals surface area contributed by atoms with Gasteiger partial charge in [0, 0.05) is 36.9 Å². The van der Waals surface area contributed by atoms with E-state index in [4.69, 9.17) is 14.5 Å². The summed E-state index contributed by atoms with van der Waals surface area (Å²) in [4.78, 5) is 28.3. The van der Waals surface area contributed by atoms with Crippen molar-refractivity contribution in [2.75, 3.05) is 18.4 Å². The normalized spacial score (nSPS) is 15.7. The molecule has 0 bridgehead atoms. The largest absolute Gasteiger partial charge is 0.444 e. The van der Waals surface area contributed by atoms with Gasteiger partial charge in [-0.3, -0.25) is 0 Å². The maximum absolute atomic E-state index is 12.6. The average Bonchev–Trinajstić information content (AvgIpc) is 2.97. The van der Waals surface area contributed by atoms with Crippen molar-refractivity contribution in [3.8, 4) is 22.9 Å². The summed E-state index contributed by atoms with van der Waals surface area (Å²) in [5.41, 5.74) is 2.29. The Morgan fingerprint density at radius 3 is 2.61 bits per heavy atom. The lowest BCUT2D eigenvalue weighted by molar-refractivity contribution is 0.0206. The van der Waals surface area contributed by atoms with Gasteiger partial charge in [0.05, 0.1) is 16.9 Å². The molecule has 4 aromatic rings. The number of hydrogen-bond donors (Lipinski definition) is 2. The van der Waals surface area contributed by atoms with Gasteiger partial charge >= 0.3 is 6.09 Å². The first kappa shape index (κ1) is 31.2. The van der Waals surface area contributed by atoms with Crippen LogP contribution in [0.15, 0.2) is 60.9 Å². The number of nitrogens with one attached hydrogen (secondary N) is 1. The summed E-state index contributed by atoms with van der Waals surface area (Å²) in [5.74, 6) is 1.67. The molecule has 9 heteroatoms. The molecule has 1 aliphatic rings. The number of fused-ring (bicyclic) bond motifs is 1. The summed E-state index contributed by atoms with van der Waals surface area (Å²) >= 11 is 0. The third-order valence-corrected chi connectivity index (χ3v) is 7.61. The number of benzene rings is 2. The molecule has 1 fully saturated rings. The third kappa shape index (κ3) is 7.82. The van der Waals surface area contributed by atoms with Crippen LogP contribution >= 0.6 is 0 Å². The molecule has 3 heterocycles. The summed E-state index contributed by atoms with van der Waals surface area (Å²) in [6.07, 6.45) is 6.29. The van der Waals surface area contributed by atoms with Crippen LogP contribution in [0.5, 0.6) is 11.6 Å². The Balaban J connectivity index is 1.38. The molecule has 0 saturated carbocycles. The zero-order chi connectivity index (χ0) is 31.5. The number of carbonyl (C=O) groups excluding carboxylic acids is 1. The van der Waals surface area contributed by atoms with Crippen molar-refractivity contribution in [2.45, 2.75) is 84.5 Å². The van der Waals surface area contributed by atoms with E-state index in [0.717, 1.165) is 52.5 Å². The number of pyridine rings is 1. The van der Waals surface area contributed by atoms with Crippen molar-refractivity contribution < 1.29 is 19.4 Å². The number of amides is 1. The fourth-order valence-corrected chi connectivity index (χ4v) is 5.41. The lowest BCUT2D eigenvalue weighted by Crippen LogP contribution is -2.47. The molecule has 44 heavy (non-hydrogen) atoms. The third-order valence-electron chi connectivity index (χ3n) is 7.61. The van der Waals surface area contributed by atoms with Gasteiger partial charge in [0.25, 0.3) is 0 Å². The van der Waals surface area contributed by atoms with Crippen LogP contribution in [0.1, 0.15) is 65.0 Å². The topological polar surface area (TPSA) is 110 Å². The lowest BCUT2D eigenvalue weighted by Gasteiger charge is -2.34. The van der Waals surface area contributed by atoms with Gasteiger partial charge in [0.2, 0.25) is 11.8 Å². The highest BCUT2D eigenvalue weighted by molar-refractivity contribution is 5.92. The first-order chi connectivity index (χ1) is 20.9. The molecule has 0 radical (unpaired) electrons.